The Balaban J connectivity index is 2.10. The Morgan fingerprint density at radius 3 is 2.71 bits per heavy atom. The van der Waals surface area contributed by atoms with Crippen molar-refractivity contribution in [3.63, 3.8) is 0 Å². The second-order valence-corrected chi connectivity index (χ2v) is 6.01. The molecule has 0 aliphatic rings. The minimum Gasteiger partial charge on any atom is -0.449 e. The first-order valence-corrected chi connectivity index (χ1v) is 8.11. The zero-order chi connectivity index (χ0) is 17.9. The number of urea groups is 1. The van der Waals surface area contributed by atoms with Gasteiger partial charge in [0.25, 0.3) is 5.91 Å². The average molecular weight is 397 g/mol. The molecule has 8 heteroatoms. The van der Waals surface area contributed by atoms with Crippen molar-refractivity contribution in [3.8, 4) is 0 Å². The third-order valence-electron chi connectivity index (χ3n) is 3.31. The molecule has 2 aromatic rings. The highest BCUT2D eigenvalue weighted by Gasteiger charge is 2.25. The van der Waals surface area contributed by atoms with Crippen LogP contribution in [-0.4, -0.2) is 30.6 Å². The lowest BCUT2D eigenvalue weighted by atomic mass is 10.1. The molecule has 1 aromatic heterocycles. The molecule has 0 fully saturated rings. The van der Waals surface area contributed by atoms with Crippen molar-refractivity contribution in [2.24, 2.45) is 0 Å². The lowest BCUT2D eigenvalue weighted by Gasteiger charge is -2.12. The van der Waals surface area contributed by atoms with E-state index in [4.69, 9.17) is 9.15 Å². The van der Waals surface area contributed by atoms with Crippen molar-refractivity contribution < 1.29 is 23.5 Å². The fourth-order valence-corrected chi connectivity index (χ4v) is 2.43. The summed E-state index contributed by atoms with van der Waals surface area (Å²) >= 11 is 3.36. The van der Waals surface area contributed by atoms with Gasteiger partial charge in [0.2, 0.25) is 5.76 Å². The van der Waals surface area contributed by atoms with Crippen LogP contribution in [0.15, 0.2) is 27.1 Å². The fourth-order valence-electron chi connectivity index (χ4n) is 2.07. The van der Waals surface area contributed by atoms with E-state index in [0.29, 0.717) is 17.7 Å². The zero-order valence-electron chi connectivity index (χ0n) is 13.4. The molecule has 128 valence electrons. The summed E-state index contributed by atoms with van der Waals surface area (Å²) in [6.07, 6.45) is -1.14. The first-order valence-electron chi connectivity index (χ1n) is 7.31. The van der Waals surface area contributed by atoms with Gasteiger partial charge in [0.05, 0.1) is 0 Å². The van der Waals surface area contributed by atoms with Crippen LogP contribution in [0.1, 0.15) is 30.0 Å². The van der Waals surface area contributed by atoms with Crippen LogP contribution in [0.4, 0.5) is 4.79 Å². The van der Waals surface area contributed by atoms with E-state index in [1.165, 1.54) is 6.92 Å². The van der Waals surface area contributed by atoms with E-state index < -0.39 is 24.0 Å². The number of hydrogen-bond acceptors (Lipinski definition) is 5. The van der Waals surface area contributed by atoms with E-state index in [2.05, 4.69) is 26.6 Å². The summed E-state index contributed by atoms with van der Waals surface area (Å²) in [5, 5.41) is 5.27. The minimum atomic E-state index is -1.14. The molecule has 2 rings (SSSR count). The number of carbonyl (C=O) groups is 3. The average Bonchev–Trinajstić information content (AvgIpc) is 2.84. The van der Waals surface area contributed by atoms with E-state index >= 15 is 0 Å². The lowest BCUT2D eigenvalue weighted by Crippen LogP contribution is -2.44. The Labute approximate surface area is 146 Å². The molecular weight excluding hydrogens is 380 g/mol. The topological polar surface area (TPSA) is 97.6 Å². The van der Waals surface area contributed by atoms with E-state index in [1.807, 2.05) is 6.07 Å². The molecule has 1 aromatic carbocycles. The van der Waals surface area contributed by atoms with E-state index in [0.717, 1.165) is 9.86 Å². The van der Waals surface area contributed by atoms with E-state index in [1.54, 1.807) is 26.0 Å². The number of aryl methyl sites for hydroxylation is 1. The minimum absolute atomic E-state index is 0.0285. The van der Waals surface area contributed by atoms with Gasteiger partial charge in [0.1, 0.15) is 5.58 Å². The highest BCUT2D eigenvalue weighted by atomic mass is 79.9. The van der Waals surface area contributed by atoms with E-state index in [9.17, 15) is 14.4 Å². The molecule has 1 unspecified atom stereocenters. The predicted molar refractivity (Wildman–Crippen MR) is 90.7 cm³/mol. The molecule has 0 saturated heterocycles. The Hall–Kier alpha value is -2.35. The zero-order valence-corrected chi connectivity index (χ0v) is 15.0. The number of esters is 1. The summed E-state index contributed by atoms with van der Waals surface area (Å²) in [4.78, 5) is 35.4. The molecule has 1 atom stereocenters. The second-order valence-electron chi connectivity index (χ2n) is 5.09. The number of hydrogen-bond donors (Lipinski definition) is 2. The van der Waals surface area contributed by atoms with Gasteiger partial charge in [-0.25, -0.2) is 9.59 Å². The van der Waals surface area contributed by atoms with Gasteiger partial charge >= 0.3 is 12.0 Å². The SMILES string of the molecule is CCNC(=O)NC(=O)C(C)OC(=O)c1oc2ccc(Br)cc2c1C. The number of rotatable bonds is 4. The molecule has 2 N–H and O–H groups in total. The molecule has 0 aliphatic heterocycles. The Morgan fingerprint density at radius 1 is 1.33 bits per heavy atom. The van der Waals surface area contributed by atoms with Crippen LogP contribution in [-0.2, 0) is 9.53 Å². The maximum atomic E-state index is 12.2. The molecular formula is C16H17BrN2O5. The lowest BCUT2D eigenvalue weighted by molar-refractivity contribution is -0.128. The third-order valence-corrected chi connectivity index (χ3v) is 3.80. The van der Waals surface area contributed by atoms with Crippen LogP contribution in [0, 0.1) is 6.92 Å². The van der Waals surface area contributed by atoms with Crippen molar-refractivity contribution in [3.05, 3.63) is 34.0 Å². The van der Waals surface area contributed by atoms with Crippen molar-refractivity contribution in [2.75, 3.05) is 6.54 Å². The molecule has 0 radical (unpaired) electrons. The summed E-state index contributed by atoms with van der Waals surface area (Å²) in [7, 11) is 0. The normalized spacial score (nSPS) is 11.8. The standard InChI is InChI=1S/C16H17BrN2O5/c1-4-18-16(22)19-14(20)9(3)23-15(21)13-8(2)11-7-10(17)5-6-12(11)24-13/h5-7,9H,4H2,1-3H3,(H2,18,19,20,22). The fraction of sp³-hybridized carbons (Fsp3) is 0.312. The summed E-state index contributed by atoms with van der Waals surface area (Å²) in [5.74, 6) is -1.45. The first kappa shape index (κ1) is 18.0. The maximum Gasteiger partial charge on any atom is 0.375 e. The number of amides is 3. The van der Waals surface area contributed by atoms with Crippen LogP contribution in [0.25, 0.3) is 11.0 Å². The highest BCUT2D eigenvalue weighted by Crippen LogP contribution is 2.28. The highest BCUT2D eigenvalue weighted by molar-refractivity contribution is 9.10. The van der Waals surface area contributed by atoms with E-state index in [-0.39, 0.29) is 5.76 Å². The van der Waals surface area contributed by atoms with Gasteiger partial charge in [-0.3, -0.25) is 10.1 Å². The van der Waals surface area contributed by atoms with Gasteiger partial charge in [-0.15, -0.1) is 0 Å². The monoisotopic (exact) mass is 396 g/mol. The van der Waals surface area contributed by atoms with Crippen molar-refractivity contribution in [1.82, 2.24) is 10.6 Å². The van der Waals surface area contributed by atoms with Crippen LogP contribution in [0.5, 0.6) is 0 Å². The van der Waals surface area contributed by atoms with Crippen molar-refractivity contribution in [1.29, 1.82) is 0 Å². The quantitative estimate of drug-likeness (QED) is 0.774. The maximum absolute atomic E-state index is 12.2. The predicted octanol–water partition coefficient (Wildman–Crippen LogP) is 2.89. The molecule has 24 heavy (non-hydrogen) atoms. The summed E-state index contributed by atoms with van der Waals surface area (Å²) in [6.45, 7) is 5.20. The van der Waals surface area contributed by atoms with Gasteiger partial charge in [-0.05, 0) is 39.0 Å². The molecule has 1 heterocycles. The summed E-state index contributed by atoms with van der Waals surface area (Å²) in [5.41, 5.74) is 1.16. The Kier molecular flexibility index (Phi) is 5.61. The van der Waals surface area contributed by atoms with Gasteiger partial charge < -0.3 is 14.5 Å². The number of benzene rings is 1. The van der Waals surface area contributed by atoms with Crippen LogP contribution in [0.2, 0.25) is 0 Å². The summed E-state index contributed by atoms with van der Waals surface area (Å²) in [6, 6.07) is 4.71. The molecule has 0 bridgehead atoms. The number of furan rings is 1. The molecule has 0 saturated carbocycles. The Morgan fingerprint density at radius 2 is 2.04 bits per heavy atom. The second kappa shape index (κ2) is 7.48. The first-order chi connectivity index (χ1) is 11.3. The molecule has 0 spiro atoms. The number of nitrogens with one attached hydrogen (secondary N) is 2. The number of imide groups is 1. The van der Waals surface area contributed by atoms with Gasteiger partial charge in [-0.2, -0.15) is 0 Å². The number of fused-ring (bicyclic) bond motifs is 1. The number of halogens is 1. The van der Waals surface area contributed by atoms with Gasteiger partial charge in [-0.1, -0.05) is 15.9 Å². The molecule has 7 nitrogen and oxygen atoms in total. The van der Waals surface area contributed by atoms with Crippen LogP contribution < -0.4 is 10.6 Å². The summed E-state index contributed by atoms with van der Waals surface area (Å²) < 4.78 is 11.4. The number of ether oxygens (including phenoxy) is 1. The third kappa shape index (κ3) is 3.94. The smallest absolute Gasteiger partial charge is 0.375 e. The molecule has 3 amide bonds. The Bertz CT molecular complexity index is 799. The van der Waals surface area contributed by atoms with Crippen LogP contribution >= 0.6 is 15.9 Å². The number of carbonyl (C=O) groups excluding carboxylic acids is 3. The van der Waals surface area contributed by atoms with Gasteiger partial charge in [0, 0.05) is 22.0 Å². The van der Waals surface area contributed by atoms with Crippen LogP contribution in [0.3, 0.4) is 0 Å². The van der Waals surface area contributed by atoms with Gasteiger partial charge in [0.15, 0.2) is 6.10 Å². The van der Waals surface area contributed by atoms with Crippen molar-refractivity contribution >= 4 is 44.8 Å². The van der Waals surface area contributed by atoms with Crippen molar-refractivity contribution in [2.45, 2.75) is 26.9 Å². The largest absolute Gasteiger partial charge is 0.449 e. The molecule has 0 aliphatic carbocycles.